The Labute approximate surface area is 133 Å². The largest absolute Gasteiger partial charge is 0.393 e. The van der Waals surface area contributed by atoms with E-state index < -0.39 is 0 Å². The monoisotopic (exact) mass is 313 g/mol. The number of rotatable bonds is 5. The Morgan fingerprint density at radius 3 is 2.71 bits per heavy atom. The molecular weight excluding hydrogens is 298 g/mol. The Kier molecular flexibility index (Phi) is 4.13. The summed E-state index contributed by atoms with van der Waals surface area (Å²) in [6.07, 6.45) is 3.79. The van der Waals surface area contributed by atoms with E-state index in [1.54, 1.807) is 11.3 Å². The van der Waals surface area contributed by atoms with Gasteiger partial charge in [0.15, 0.2) is 0 Å². The van der Waals surface area contributed by atoms with Gasteiger partial charge >= 0.3 is 0 Å². The van der Waals surface area contributed by atoms with Crippen LogP contribution in [0.25, 0.3) is 10.7 Å². The molecule has 1 aromatic carbocycles. The van der Waals surface area contributed by atoms with Gasteiger partial charge in [-0.05, 0) is 17.0 Å². The van der Waals surface area contributed by atoms with Crippen molar-refractivity contribution in [3.8, 4) is 10.7 Å². The van der Waals surface area contributed by atoms with E-state index in [1.807, 2.05) is 36.7 Å². The van der Waals surface area contributed by atoms with E-state index in [1.165, 1.54) is 0 Å². The van der Waals surface area contributed by atoms with Gasteiger partial charge in [-0.15, -0.1) is 11.3 Å². The van der Waals surface area contributed by atoms with Gasteiger partial charge in [0.05, 0.1) is 15.8 Å². The number of nitrogens with zero attached hydrogens (tertiary/aromatic N) is 2. The Hall–Kier alpha value is -1.98. The van der Waals surface area contributed by atoms with Gasteiger partial charge in [-0.2, -0.15) is 0 Å². The van der Waals surface area contributed by atoms with Crippen molar-refractivity contribution in [3.05, 3.63) is 65.8 Å². The van der Waals surface area contributed by atoms with Gasteiger partial charge in [0.2, 0.25) is 0 Å². The lowest BCUT2D eigenvalue weighted by molar-refractivity contribution is 0.667. The minimum atomic E-state index is 0.00844. The number of aromatic nitrogens is 2. The van der Waals surface area contributed by atoms with Gasteiger partial charge in [-0.3, -0.25) is 0 Å². The molecule has 3 aromatic rings. The van der Waals surface area contributed by atoms with E-state index in [4.69, 9.17) is 18.0 Å². The molecule has 0 saturated carbocycles. The minimum Gasteiger partial charge on any atom is -0.393 e. The van der Waals surface area contributed by atoms with E-state index in [0.717, 1.165) is 16.3 Å². The van der Waals surface area contributed by atoms with Crippen molar-refractivity contribution in [1.82, 2.24) is 9.55 Å². The SMILES string of the molecule is NC(=S)C(Cn1ccnc1-c1cccs1)c1ccccc1. The van der Waals surface area contributed by atoms with Crippen LogP contribution in [-0.4, -0.2) is 14.5 Å². The van der Waals surface area contributed by atoms with Crippen LogP contribution in [0.15, 0.2) is 60.2 Å². The number of hydrogen-bond acceptors (Lipinski definition) is 3. The van der Waals surface area contributed by atoms with Crippen molar-refractivity contribution >= 4 is 28.5 Å². The summed E-state index contributed by atoms with van der Waals surface area (Å²) in [5.41, 5.74) is 7.09. The Bertz CT molecular complexity index is 717. The summed E-state index contributed by atoms with van der Waals surface area (Å²) in [7, 11) is 0. The molecule has 0 aliphatic rings. The fraction of sp³-hybridized carbons (Fsp3) is 0.125. The molecular formula is C16H15N3S2. The van der Waals surface area contributed by atoms with E-state index in [2.05, 4.69) is 33.1 Å². The lowest BCUT2D eigenvalue weighted by Crippen LogP contribution is -2.23. The molecule has 2 N–H and O–H groups in total. The van der Waals surface area contributed by atoms with Crippen molar-refractivity contribution < 1.29 is 0 Å². The molecule has 0 amide bonds. The topological polar surface area (TPSA) is 43.8 Å². The number of imidazole rings is 1. The Morgan fingerprint density at radius 1 is 1.24 bits per heavy atom. The predicted molar refractivity (Wildman–Crippen MR) is 91.5 cm³/mol. The summed E-state index contributed by atoms with van der Waals surface area (Å²) in [6.45, 7) is 0.701. The van der Waals surface area contributed by atoms with E-state index in [-0.39, 0.29) is 5.92 Å². The van der Waals surface area contributed by atoms with Gasteiger partial charge in [0.1, 0.15) is 5.82 Å². The maximum atomic E-state index is 5.95. The second-order valence-electron chi connectivity index (χ2n) is 4.75. The van der Waals surface area contributed by atoms with Crippen LogP contribution in [-0.2, 0) is 6.54 Å². The number of benzene rings is 1. The first kappa shape index (κ1) is 14.0. The molecule has 2 aromatic heterocycles. The van der Waals surface area contributed by atoms with Crippen LogP contribution in [0.1, 0.15) is 11.5 Å². The molecule has 0 saturated heterocycles. The molecule has 3 rings (SSSR count). The summed E-state index contributed by atoms with van der Waals surface area (Å²) in [5.74, 6) is 0.969. The average Bonchev–Trinajstić information content (AvgIpc) is 3.16. The minimum absolute atomic E-state index is 0.00844. The van der Waals surface area contributed by atoms with Crippen LogP contribution in [0.3, 0.4) is 0 Å². The zero-order valence-corrected chi connectivity index (χ0v) is 13.0. The maximum absolute atomic E-state index is 5.95. The molecule has 3 nitrogen and oxygen atoms in total. The average molecular weight is 313 g/mol. The predicted octanol–water partition coefficient (Wildman–Crippen LogP) is 3.68. The Balaban J connectivity index is 1.92. The highest BCUT2D eigenvalue weighted by atomic mass is 32.1. The fourth-order valence-electron chi connectivity index (χ4n) is 2.33. The van der Waals surface area contributed by atoms with Crippen molar-refractivity contribution in [3.63, 3.8) is 0 Å². The first-order valence-corrected chi connectivity index (χ1v) is 7.94. The number of thiocarbonyl (C=S) groups is 1. The molecule has 0 bridgehead atoms. The van der Waals surface area contributed by atoms with Crippen molar-refractivity contribution in [2.75, 3.05) is 0 Å². The molecule has 2 heterocycles. The quantitative estimate of drug-likeness (QED) is 0.731. The molecule has 0 aliphatic heterocycles. The lowest BCUT2D eigenvalue weighted by Gasteiger charge is -2.18. The molecule has 5 heteroatoms. The van der Waals surface area contributed by atoms with Gasteiger partial charge in [0, 0.05) is 18.9 Å². The highest BCUT2D eigenvalue weighted by Gasteiger charge is 2.17. The zero-order chi connectivity index (χ0) is 14.7. The van der Waals surface area contributed by atoms with Crippen LogP contribution in [0.2, 0.25) is 0 Å². The summed E-state index contributed by atoms with van der Waals surface area (Å²) >= 11 is 6.94. The van der Waals surface area contributed by atoms with Crippen molar-refractivity contribution in [1.29, 1.82) is 0 Å². The molecule has 0 radical (unpaired) electrons. The molecule has 106 valence electrons. The third-order valence-corrected chi connectivity index (χ3v) is 4.53. The summed E-state index contributed by atoms with van der Waals surface area (Å²) < 4.78 is 2.11. The van der Waals surface area contributed by atoms with Crippen LogP contribution < -0.4 is 5.73 Å². The van der Waals surface area contributed by atoms with Crippen molar-refractivity contribution in [2.24, 2.45) is 5.73 Å². The maximum Gasteiger partial charge on any atom is 0.150 e. The third-order valence-electron chi connectivity index (χ3n) is 3.38. The first-order valence-electron chi connectivity index (χ1n) is 6.65. The normalized spacial score (nSPS) is 12.2. The number of nitrogens with two attached hydrogens (primary N) is 1. The summed E-state index contributed by atoms with van der Waals surface area (Å²) in [4.78, 5) is 6.11. The molecule has 0 aliphatic carbocycles. The number of thiophene rings is 1. The standard InChI is InChI=1S/C16H15N3S2/c17-15(20)13(12-5-2-1-3-6-12)11-19-9-8-18-16(19)14-7-4-10-21-14/h1-10,13H,11H2,(H2,17,20). The molecule has 0 spiro atoms. The van der Waals surface area contributed by atoms with Crippen molar-refractivity contribution in [2.45, 2.75) is 12.5 Å². The van der Waals surface area contributed by atoms with Gasteiger partial charge in [-0.25, -0.2) is 4.98 Å². The molecule has 1 atom stereocenters. The summed E-state index contributed by atoms with van der Waals surface area (Å²) in [5, 5.41) is 2.05. The molecule has 21 heavy (non-hydrogen) atoms. The van der Waals surface area contributed by atoms with Crippen LogP contribution in [0, 0.1) is 0 Å². The molecule has 1 unspecified atom stereocenters. The Morgan fingerprint density at radius 2 is 2.05 bits per heavy atom. The number of hydrogen-bond donors (Lipinski definition) is 1. The molecule has 0 fully saturated rings. The van der Waals surface area contributed by atoms with E-state index in [9.17, 15) is 0 Å². The van der Waals surface area contributed by atoms with Gasteiger partial charge in [-0.1, -0.05) is 48.6 Å². The zero-order valence-electron chi connectivity index (χ0n) is 11.3. The van der Waals surface area contributed by atoms with E-state index in [0.29, 0.717) is 11.5 Å². The summed E-state index contributed by atoms with van der Waals surface area (Å²) in [6, 6.07) is 14.2. The van der Waals surface area contributed by atoms with Gasteiger partial charge in [0.25, 0.3) is 0 Å². The second kappa shape index (κ2) is 6.20. The van der Waals surface area contributed by atoms with Crippen LogP contribution in [0.5, 0.6) is 0 Å². The highest BCUT2D eigenvalue weighted by molar-refractivity contribution is 7.80. The first-order chi connectivity index (χ1) is 10.3. The third kappa shape index (κ3) is 3.04. The lowest BCUT2D eigenvalue weighted by atomic mass is 9.99. The smallest absolute Gasteiger partial charge is 0.150 e. The van der Waals surface area contributed by atoms with Crippen LogP contribution in [0.4, 0.5) is 0 Å². The van der Waals surface area contributed by atoms with Gasteiger partial charge < -0.3 is 10.3 Å². The van der Waals surface area contributed by atoms with E-state index >= 15 is 0 Å². The second-order valence-corrected chi connectivity index (χ2v) is 6.17. The van der Waals surface area contributed by atoms with Crippen LogP contribution >= 0.6 is 23.6 Å². The highest BCUT2D eigenvalue weighted by Crippen LogP contribution is 2.26. The fourth-order valence-corrected chi connectivity index (χ4v) is 3.28.